The van der Waals surface area contributed by atoms with Crippen LogP contribution in [0, 0.1) is 6.33 Å². The maximum Gasteiger partial charge on any atom is 0.370 e. The van der Waals surface area contributed by atoms with E-state index in [2.05, 4.69) is 11.3 Å². The minimum Gasteiger partial charge on any atom is -0.237 e. The van der Waals surface area contributed by atoms with Gasteiger partial charge in [0.2, 0.25) is 0 Å². The van der Waals surface area contributed by atoms with Gasteiger partial charge in [-0.25, -0.2) is 9.55 Å². The number of rotatable bonds is 0. The van der Waals surface area contributed by atoms with Gasteiger partial charge >= 0.3 is 6.33 Å². The van der Waals surface area contributed by atoms with Crippen molar-refractivity contribution in [3.8, 4) is 0 Å². The predicted molar refractivity (Wildman–Crippen MR) is 20.8 cm³/mol. The molecule has 0 unspecified atom stereocenters. The van der Waals surface area contributed by atoms with Crippen molar-refractivity contribution >= 4 is 0 Å². The maximum absolute atomic E-state index is 2.79. The first-order valence-corrected chi connectivity index (χ1v) is 1.80. The van der Waals surface area contributed by atoms with Gasteiger partial charge in [0, 0.05) is 0 Å². The molecule has 2 nitrogen and oxygen atoms in total. The van der Waals surface area contributed by atoms with Gasteiger partial charge in [0.25, 0.3) is 0 Å². The molecule has 0 aliphatic rings. The van der Waals surface area contributed by atoms with Crippen LogP contribution in [0.25, 0.3) is 0 Å². The summed E-state index contributed by atoms with van der Waals surface area (Å²) in [6.07, 6.45) is 6.50. The summed E-state index contributed by atoms with van der Waals surface area (Å²) in [6, 6.07) is 0. The highest BCUT2D eigenvalue weighted by atomic mass is 15.0. The molecule has 0 bridgehead atoms. The molecule has 1 N–H and O–H groups in total. The van der Waals surface area contributed by atoms with Gasteiger partial charge in [0.05, 0.1) is 7.05 Å². The molecule has 2 heteroatoms. The van der Waals surface area contributed by atoms with Crippen LogP contribution in [-0.4, -0.2) is 4.98 Å². The quantitative estimate of drug-likeness (QED) is 0.412. The number of imidazole rings is 1. The molecule has 1 rings (SSSR count). The Balaban J connectivity index is 3.05. The Morgan fingerprint density at radius 1 is 1.83 bits per heavy atom. The summed E-state index contributed by atoms with van der Waals surface area (Å²) >= 11 is 0. The molecule has 0 saturated carbocycles. The summed E-state index contributed by atoms with van der Waals surface area (Å²) in [5, 5.41) is 0. The van der Waals surface area contributed by atoms with Gasteiger partial charge in [-0.15, -0.1) is 0 Å². The number of hydrogen-bond acceptors (Lipinski definition) is 0. The third kappa shape index (κ3) is 0.407. The second-order valence-electron chi connectivity index (χ2n) is 1.18. The van der Waals surface area contributed by atoms with E-state index in [1.54, 1.807) is 0 Å². The van der Waals surface area contributed by atoms with E-state index in [4.69, 9.17) is 0 Å². The van der Waals surface area contributed by atoms with Crippen LogP contribution < -0.4 is 4.57 Å². The van der Waals surface area contributed by atoms with Crippen LogP contribution in [0.15, 0.2) is 12.4 Å². The Hall–Kier alpha value is -0.790. The topological polar surface area (TPSA) is 19.7 Å². The summed E-state index contributed by atoms with van der Waals surface area (Å²) in [6.45, 7) is 0. The minimum absolute atomic E-state index is 1.82. The fourth-order valence-corrected chi connectivity index (χ4v) is 0.325. The molecular weight excluding hydrogens is 76.1 g/mol. The van der Waals surface area contributed by atoms with Crippen LogP contribution in [0.5, 0.6) is 0 Å². The first kappa shape index (κ1) is 3.40. The molecule has 0 amide bonds. The SMILES string of the molecule is C[n+]1[c][nH]cc1. The molecule has 6 heavy (non-hydrogen) atoms. The number of nitrogens with zero attached hydrogens (tertiary/aromatic N) is 1. The van der Waals surface area contributed by atoms with E-state index in [-0.39, 0.29) is 0 Å². The van der Waals surface area contributed by atoms with E-state index in [1.165, 1.54) is 0 Å². The van der Waals surface area contributed by atoms with Crippen LogP contribution >= 0.6 is 0 Å². The van der Waals surface area contributed by atoms with Gasteiger partial charge in [0.15, 0.2) is 0 Å². The molecular formula is C4H6N2+. The maximum atomic E-state index is 2.79. The second-order valence-corrected chi connectivity index (χ2v) is 1.18. The van der Waals surface area contributed by atoms with Crippen molar-refractivity contribution in [2.75, 3.05) is 0 Å². The van der Waals surface area contributed by atoms with E-state index in [0.29, 0.717) is 0 Å². The Morgan fingerprint density at radius 3 is 2.83 bits per heavy atom. The molecule has 31 valence electrons. The Bertz CT molecular complexity index is 109. The summed E-state index contributed by atoms with van der Waals surface area (Å²) in [5.74, 6) is 0. The summed E-state index contributed by atoms with van der Waals surface area (Å²) in [5.41, 5.74) is 0. The lowest BCUT2D eigenvalue weighted by molar-refractivity contribution is -0.674. The van der Waals surface area contributed by atoms with Crippen LogP contribution in [-0.2, 0) is 7.05 Å². The third-order valence-corrected chi connectivity index (χ3v) is 0.622. The van der Waals surface area contributed by atoms with Gasteiger partial charge < -0.3 is 0 Å². The number of aryl methyl sites for hydroxylation is 1. The normalized spacial score (nSPS) is 8.83. The van der Waals surface area contributed by atoms with Crippen LogP contribution in [0.1, 0.15) is 0 Å². The van der Waals surface area contributed by atoms with Crippen molar-refractivity contribution in [2.24, 2.45) is 7.05 Å². The number of H-pyrrole nitrogens is 1. The van der Waals surface area contributed by atoms with Crippen LogP contribution in [0.3, 0.4) is 0 Å². The van der Waals surface area contributed by atoms with Crippen molar-refractivity contribution in [1.29, 1.82) is 0 Å². The molecule has 1 heterocycles. The molecule has 1 aromatic heterocycles. The molecule has 0 spiro atoms. The fraction of sp³-hybridized carbons (Fsp3) is 0.250. The van der Waals surface area contributed by atoms with Gasteiger partial charge in [-0.3, -0.25) is 0 Å². The van der Waals surface area contributed by atoms with Crippen molar-refractivity contribution in [2.45, 2.75) is 0 Å². The van der Waals surface area contributed by atoms with Crippen LogP contribution in [0.4, 0.5) is 0 Å². The lowest BCUT2D eigenvalue weighted by Gasteiger charge is -1.64. The smallest absolute Gasteiger partial charge is 0.237 e. The predicted octanol–water partition coefficient (Wildman–Crippen LogP) is -0.361. The Labute approximate surface area is 36.4 Å². The molecule has 1 radical (unpaired) electrons. The highest BCUT2D eigenvalue weighted by molar-refractivity contribution is 4.52. The molecule has 0 aliphatic heterocycles. The lowest BCUT2D eigenvalue weighted by atomic mass is 10.9. The Morgan fingerprint density at radius 2 is 2.67 bits per heavy atom. The van der Waals surface area contributed by atoms with Crippen molar-refractivity contribution in [1.82, 2.24) is 4.98 Å². The third-order valence-electron chi connectivity index (χ3n) is 0.622. The first-order chi connectivity index (χ1) is 2.89. The fourth-order valence-electron chi connectivity index (χ4n) is 0.325. The largest absolute Gasteiger partial charge is 0.370 e. The zero-order valence-corrected chi connectivity index (χ0v) is 3.60. The summed E-state index contributed by atoms with van der Waals surface area (Å²) in [7, 11) is 1.91. The van der Waals surface area contributed by atoms with Crippen molar-refractivity contribution in [3.63, 3.8) is 0 Å². The van der Waals surface area contributed by atoms with Crippen molar-refractivity contribution < 1.29 is 4.57 Å². The van der Waals surface area contributed by atoms with E-state index in [1.807, 2.05) is 24.0 Å². The molecule has 0 saturated heterocycles. The highest BCUT2D eigenvalue weighted by Crippen LogP contribution is 1.58. The standard InChI is InChI=1S/C4H6N2/c1-6-3-2-5-4-6/h2-3,5H,1H3/q+1. The van der Waals surface area contributed by atoms with Crippen LogP contribution in [0.2, 0.25) is 0 Å². The van der Waals surface area contributed by atoms with Gasteiger partial charge in [-0.2, -0.15) is 0 Å². The van der Waals surface area contributed by atoms with E-state index >= 15 is 0 Å². The number of aromatic nitrogens is 2. The molecule has 0 atom stereocenters. The Kier molecular flexibility index (Phi) is 0.638. The lowest BCUT2D eigenvalue weighted by Crippen LogP contribution is -2.23. The van der Waals surface area contributed by atoms with E-state index < -0.39 is 0 Å². The average molecular weight is 82.1 g/mol. The average Bonchev–Trinajstić information content (AvgIpc) is 1.86. The molecule has 1 aromatic rings. The van der Waals surface area contributed by atoms with E-state index in [0.717, 1.165) is 0 Å². The summed E-state index contributed by atoms with van der Waals surface area (Å²) < 4.78 is 1.82. The zero-order valence-electron chi connectivity index (χ0n) is 3.60. The van der Waals surface area contributed by atoms with E-state index in [9.17, 15) is 0 Å². The highest BCUT2D eigenvalue weighted by Gasteiger charge is 1.81. The first-order valence-electron chi connectivity index (χ1n) is 1.80. The van der Waals surface area contributed by atoms with Gasteiger partial charge in [-0.05, 0) is 0 Å². The number of nitrogens with one attached hydrogen (secondary N) is 1. The van der Waals surface area contributed by atoms with Crippen molar-refractivity contribution in [3.05, 3.63) is 18.7 Å². The monoisotopic (exact) mass is 82.1 g/mol. The number of aromatic amines is 1. The number of hydrogen-bond donors (Lipinski definition) is 1. The second kappa shape index (κ2) is 1.12. The zero-order chi connectivity index (χ0) is 4.41. The summed E-state index contributed by atoms with van der Waals surface area (Å²) in [4.78, 5) is 2.77. The molecule has 0 aliphatic carbocycles. The minimum atomic E-state index is 1.82. The molecule has 0 aromatic carbocycles. The van der Waals surface area contributed by atoms with Gasteiger partial charge in [-0.1, -0.05) is 0 Å². The van der Waals surface area contributed by atoms with Gasteiger partial charge in [0.1, 0.15) is 12.4 Å². The molecule has 0 fully saturated rings.